The summed E-state index contributed by atoms with van der Waals surface area (Å²) < 4.78 is 2.50. The number of fused-ring (bicyclic) bond motifs is 1. The Bertz CT molecular complexity index is 909. The summed E-state index contributed by atoms with van der Waals surface area (Å²) in [5.41, 5.74) is 8.67. The van der Waals surface area contributed by atoms with E-state index in [9.17, 15) is 4.79 Å². The van der Waals surface area contributed by atoms with Crippen LogP contribution in [0.3, 0.4) is 0 Å². The summed E-state index contributed by atoms with van der Waals surface area (Å²) in [6, 6.07) is 0. The van der Waals surface area contributed by atoms with Crippen LogP contribution in [-0.2, 0) is 7.05 Å². The third-order valence-corrected chi connectivity index (χ3v) is 5.48. The van der Waals surface area contributed by atoms with Crippen LogP contribution in [0.2, 0.25) is 0 Å². The molecule has 4 heterocycles. The number of amides is 1. The van der Waals surface area contributed by atoms with Crippen LogP contribution in [0.4, 0.5) is 0 Å². The molecule has 0 spiro atoms. The molecular weight excluding hydrogens is 324 g/mol. The summed E-state index contributed by atoms with van der Waals surface area (Å²) >= 11 is 1.45. The Kier molecular flexibility index (Phi) is 3.78. The molecule has 1 atom stereocenters. The van der Waals surface area contributed by atoms with E-state index in [1.54, 1.807) is 17.1 Å². The minimum absolute atomic E-state index is 0.296. The summed E-state index contributed by atoms with van der Waals surface area (Å²) in [6.45, 7) is 1.96. The summed E-state index contributed by atoms with van der Waals surface area (Å²) in [5.74, 6) is -0.158. The van der Waals surface area contributed by atoms with Crippen molar-refractivity contribution in [2.24, 2.45) is 12.8 Å². The molecule has 24 heavy (non-hydrogen) atoms. The summed E-state index contributed by atoms with van der Waals surface area (Å²) in [6.07, 6.45) is 7.68. The Balaban J connectivity index is 1.89. The lowest BCUT2D eigenvalue weighted by molar-refractivity contribution is 0.0997. The van der Waals surface area contributed by atoms with Crippen LogP contribution in [0.5, 0.6) is 0 Å². The van der Waals surface area contributed by atoms with E-state index < -0.39 is 5.91 Å². The topological polar surface area (TPSA) is 98.7 Å². The van der Waals surface area contributed by atoms with Gasteiger partial charge in [0.15, 0.2) is 0 Å². The number of nitrogens with one attached hydrogen (secondary N) is 1. The number of hydrogen-bond donors (Lipinski definition) is 2. The van der Waals surface area contributed by atoms with Crippen molar-refractivity contribution in [1.82, 2.24) is 25.1 Å². The lowest BCUT2D eigenvalue weighted by Gasteiger charge is -2.23. The van der Waals surface area contributed by atoms with Gasteiger partial charge in [-0.2, -0.15) is 5.10 Å². The van der Waals surface area contributed by atoms with Gasteiger partial charge in [0.25, 0.3) is 5.91 Å². The molecule has 0 saturated carbocycles. The van der Waals surface area contributed by atoms with Crippen LogP contribution in [0, 0.1) is 0 Å². The number of carbonyl (C=O) groups is 1. The number of nitrogens with zero attached hydrogens (tertiary/aromatic N) is 4. The van der Waals surface area contributed by atoms with E-state index in [0.717, 1.165) is 52.3 Å². The van der Waals surface area contributed by atoms with E-state index in [0.29, 0.717) is 11.6 Å². The van der Waals surface area contributed by atoms with E-state index in [1.807, 2.05) is 13.2 Å². The zero-order valence-corrected chi connectivity index (χ0v) is 14.1. The number of pyridine rings is 1. The molecule has 0 unspecified atom stereocenters. The van der Waals surface area contributed by atoms with E-state index >= 15 is 0 Å². The normalized spacial score (nSPS) is 18.1. The fraction of sp³-hybridized carbons (Fsp3) is 0.375. The largest absolute Gasteiger partial charge is 0.364 e. The maximum absolute atomic E-state index is 11.8. The lowest BCUT2D eigenvalue weighted by Crippen LogP contribution is -2.28. The van der Waals surface area contributed by atoms with Gasteiger partial charge in [-0.15, -0.1) is 11.3 Å². The number of aromatic nitrogens is 4. The second-order valence-electron chi connectivity index (χ2n) is 6.07. The number of piperidine rings is 1. The smallest absolute Gasteiger partial charge is 0.268 e. The van der Waals surface area contributed by atoms with Crippen LogP contribution in [0.15, 0.2) is 18.6 Å². The van der Waals surface area contributed by atoms with Crippen molar-refractivity contribution in [3.63, 3.8) is 0 Å². The number of nitrogens with two attached hydrogens (primary N) is 1. The van der Waals surface area contributed by atoms with E-state index in [4.69, 9.17) is 10.7 Å². The van der Waals surface area contributed by atoms with Crippen LogP contribution >= 0.6 is 11.3 Å². The average molecular weight is 342 g/mol. The van der Waals surface area contributed by atoms with Gasteiger partial charge in [0.05, 0.1) is 16.4 Å². The Morgan fingerprint density at radius 2 is 2.33 bits per heavy atom. The molecule has 0 bridgehead atoms. The molecule has 8 heteroatoms. The molecule has 1 aliphatic rings. The van der Waals surface area contributed by atoms with Gasteiger partial charge in [-0.05, 0) is 19.4 Å². The van der Waals surface area contributed by atoms with Crippen molar-refractivity contribution in [1.29, 1.82) is 0 Å². The number of primary amides is 1. The van der Waals surface area contributed by atoms with Gasteiger partial charge in [0, 0.05) is 43.0 Å². The molecule has 1 fully saturated rings. The average Bonchev–Trinajstić information content (AvgIpc) is 3.20. The maximum atomic E-state index is 11.8. The van der Waals surface area contributed by atoms with Gasteiger partial charge in [0.1, 0.15) is 10.7 Å². The zero-order chi connectivity index (χ0) is 16.7. The second kappa shape index (κ2) is 5.95. The first-order chi connectivity index (χ1) is 11.6. The number of aryl methyl sites for hydroxylation is 1. The zero-order valence-electron chi connectivity index (χ0n) is 13.3. The van der Waals surface area contributed by atoms with Crippen molar-refractivity contribution >= 4 is 27.5 Å². The van der Waals surface area contributed by atoms with Gasteiger partial charge in [-0.3, -0.25) is 9.48 Å². The molecule has 0 aromatic carbocycles. The van der Waals surface area contributed by atoms with Gasteiger partial charge >= 0.3 is 0 Å². The van der Waals surface area contributed by atoms with E-state index in [-0.39, 0.29) is 0 Å². The Morgan fingerprint density at radius 1 is 1.46 bits per heavy atom. The Labute approximate surface area is 142 Å². The second-order valence-corrected chi connectivity index (χ2v) is 7.07. The summed E-state index contributed by atoms with van der Waals surface area (Å²) in [7, 11) is 1.87. The number of carbonyl (C=O) groups excluding carboxylic acids is 1. The van der Waals surface area contributed by atoms with Gasteiger partial charge < -0.3 is 11.1 Å². The van der Waals surface area contributed by atoms with Crippen molar-refractivity contribution in [2.45, 2.75) is 18.8 Å². The highest BCUT2D eigenvalue weighted by Gasteiger charge is 2.23. The highest BCUT2D eigenvalue weighted by molar-refractivity contribution is 7.22. The minimum atomic E-state index is -0.519. The molecule has 1 saturated heterocycles. The molecule has 1 aliphatic heterocycles. The molecule has 0 radical (unpaired) electrons. The minimum Gasteiger partial charge on any atom is -0.364 e. The van der Waals surface area contributed by atoms with Crippen LogP contribution in [-0.4, -0.2) is 38.7 Å². The van der Waals surface area contributed by atoms with Gasteiger partial charge in [-0.25, -0.2) is 9.97 Å². The number of thiazole rings is 1. The molecule has 1 amide bonds. The highest BCUT2D eigenvalue weighted by atomic mass is 32.1. The van der Waals surface area contributed by atoms with Crippen LogP contribution < -0.4 is 11.1 Å². The predicted octanol–water partition coefficient (Wildman–Crippen LogP) is 1.66. The molecule has 7 nitrogen and oxygen atoms in total. The standard InChI is InChI=1S/C16H18N6OS/c1-22-8-10(6-20-22)16-21-12-11(9-3-2-4-18-5-9)7-19-13(15(17)23)14(12)24-16/h6-9,18H,2-5H2,1H3,(H2,17,23)/t9-/m0/s1. The summed E-state index contributed by atoms with van der Waals surface area (Å²) in [5, 5.41) is 8.45. The highest BCUT2D eigenvalue weighted by Crippen LogP contribution is 2.36. The van der Waals surface area contributed by atoms with Gasteiger partial charge in [-0.1, -0.05) is 0 Å². The molecule has 3 aromatic heterocycles. The van der Waals surface area contributed by atoms with Crippen molar-refractivity contribution in [2.75, 3.05) is 13.1 Å². The van der Waals surface area contributed by atoms with Crippen molar-refractivity contribution < 1.29 is 4.79 Å². The molecule has 3 aromatic rings. The SMILES string of the molecule is Cn1cc(-c2nc3c([C@H]4CCCNC4)cnc(C(N)=O)c3s2)cn1. The first kappa shape index (κ1) is 15.2. The molecular formula is C16H18N6OS. The van der Waals surface area contributed by atoms with Gasteiger partial charge in [0.2, 0.25) is 0 Å². The molecule has 3 N–H and O–H groups in total. The fourth-order valence-corrected chi connectivity index (χ4v) is 4.24. The first-order valence-corrected chi connectivity index (χ1v) is 8.74. The molecule has 4 rings (SSSR count). The van der Waals surface area contributed by atoms with Crippen LogP contribution in [0.25, 0.3) is 20.8 Å². The monoisotopic (exact) mass is 342 g/mol. The number of hydrogen-bond acceptors (Lipinski definition) is 6. The number of rotatable bonds is 3. The van der Waals surface area contributed by atoms with E-state index in [2.05, 4.69) is 15.4 Å². The Hall–Kier alpha value is -2.32. The van der Waals surface area contributed by atoms with Crippen LogP contribution in [0.1, 0.15) is 34.8 Å². The van der Waals surface area contributed by atoms with E-state index in [1.165, 1.54) is 11.3 Å². The molecule has 0 aliphatic carbocycles. The maximum Gasteiger partial charge on any atom is 0.268 e. The third kappa shape index (κ3) is 2.57. The molecule has 124 valence electrons. The lowest BCUT2D eigenvalue weighted by atomic mass is 9.92. The fourth-order valence-electron chi connectivity index (χ4n) is 3.18. The first-order valence-electron chi connectivity index (χ1n) is 7.92. The summed E-state index contributed by atoms with van der Waals surface area (Å²) in [4.78, 5) is 20.9. The Morgan fingerprint density at radius 3 is 3.00 bits per heavy atom. The van der Waals surface area contributed by atoms with Crippen molar-refractivity contribution in [3.8, 4) is 10.6 Å². The van der Waals surface area contributed by atoms with Crippen molar-refractivity contribution in [3.05, 3.63) is 29.8 Å². The third-order valence-electron chi connectivity index (χ3n) is 4.37. The quantitative estimate of drug-likeness (QED) is 0.754. The predicted molar refractivity (Wildman–Crippen MR) is 93.0 cm³/mol.